The number of nitrogens with zero attached hydrogens (tertiary/aromatic N) is 3. The van der Waals surface area contributed by atoms with Crippen LogP contribution in [0.15, 0.2) is 48.5 Å². The fourth-order valence-corrected chi connectivity index (χ4v) is 4.37. The number of benzene rings is 2. The molecule has 1 aliphatic heterocycles. The Hall–Kier alpha value is -2.75. The highest BCUT2D eigenvalue weighted by Gasteiger charge is 2.40. The number of aryl methyl sites for hydroxylation is 1. The van der Waals surface area contributed by atoms with Crippen LogP contribution in [0.4, 0.5) is 5.82 Å². The molecular formula is C22H25N3O. The molecule has 1 aromatic heterocycles. The van der Waals surface area contributed by atoms with Gasteiger partial charge in [0.1, 0.15) is 5.82 Å². The second kappa shape index (κ2) is 6.20. The maximum Gasteiger partial charge on any atom is 0.255 e. The fraction of sp³-hybridized carbons (Fsp3) is 0.318. The Labute approximate surface area is 154 Å². The molecule has 2 aromatic carbocycles. The number of carbonyl (C=O) groups excluding carboxylic acids is 1. The lowest BCUT2D eigenvalue weighted by molar-refractivity contribution is 0.0751. The van der Waals surface area contributed by atoms with E-state index in [1.807, 2.05) is 23.1 Å². The zero-order valence-corrected chi connectivity index (χ0v) is 15.9. The van der Waals surface area contributed by atoms with Gasteiger partial charge in [0.25, 0.3) is 5.91 Å². The number of aromatic nitrogens is 1. The molecule has 26 heavy (non-hydrogen) atoms. The summed E-state index contributed by atoms with van der Waals surface area (Å²) < 4.78 is 2.24. The first-order valence-corrected chi connectivity index (χ1v) is 9.20. The maximum absolute atomic E-state index is 13.1. The van der Waals surface area contributed by atoms with Gasteiger partial charge < -0.3 is 14.4 Å². The fourth-order valence-electron chi connectivity index (χ4n) is 4.37. The number of amides is 1. The standard InChI is InChI=1S/C22H25N3O/c1-5-14-25-20(15-10-6-7-11-16(15)22(25)26)19-17-12-8-9-13-18(17)24(4)21(19)23(2)3/h6-13,20H,5,14H2,1-4H3. The van der Waals surface area contributed by atoms with Gasteiger partial charge in [0, 0.05) is 49.7 Å². The first-order chi connectivity index (χ1) is 12.6. The highest BCUT2D eigenvalue weighted by atomic mass is 16.2. The van der Waals surface area contributed by atoms with Crippen molar-refractivity contribution in [1.82, 2.24) is 9.47 Å². The third-order valence-corrected chi connectivity index (χ3v) is 5.33. The third kappa shape index (κ3) is 2.25. The zero-order chi connectivity index (χ0) is 18.4. The topological polar surface area (TPSA) is 28.5 Å². The second-order valence-corrected chi connectivity index (χ2v) is 7.20. The van der Waals surface area contributed by atoms with Crippen LogP contribution in [0.3, 0.4) is 0 Å². The van der Waals surface area contributed by atoms with Crippen LogP contribution < -0.4 is 4.90 Å². The molecule has 4 nitrogen and oxygen atoms in total. The lowest BCUT2D eigenvalue weighted by Crippen LogP contribution is -2.30. The Bertz CT molecular complexity index is 986. The average Bonchev–Trinajstić information content (AvgIpc) is 3.08. The molecule has 134 valence electrons. The predicted molar refractivity (Wildman–Crippen MR) is 107 cm³/mol. The molecule has 0 radical (unpaired) electrons. The van der Waals surface area contributed by atoms with Crippen LogP contribution >= 0.6 is 0 Å². The van der Waals surface area contributed by atoms with Crippen LogP contribution in [0.5, 0.6) is 0 Å². The molecule has 4 rings (SSSR count). The monoisotopic (exact) mass is 347 g/mol. The lowest BCUT2D eigenvalue weighted by atomic mass is 9.96. The number of hydrogen-bond acceptors (Lipinski definition) is 2. The molecule has 1 unspecified atom stereocenters. The van der Waals surface area contributed by atoms with Gasteiger partial charge in [-0.3, -0.25) is 4.79 Å². The van der Waals surface area contributed by atoms with Gasteiger partial charge in [-0.05, 0) is 24.1 Å². The average molecular weight is 347 g/mol. The summed E-state index contributed by atoms with van der Waals surface area (Å²) in [6.45, 7) is 2.89. The van der Waals surface area contributed by atoms with Crippen molar-refractivity contribution in [3.63, 3.8) is 0 Å². The molecule has 0 spiro atoms. The van der Waals surface area contributed by atoms with Crippen LogP contribution in [-0.2, 0) is 7.05 Å². The quantitative estimate of drug-likeness (QED) is 0.708. The largest absolute Gasteiger partial charge is 0.364 e. The van der Waals surface area contributed by atoms with Gasteiger partial charge in [-0.1, -0.05) is 43.3 Å². The maximum atomic E-state index is 13.1. The van der Waals surface area contributed by atoms with Crippen molar-refractivity contribution in [1.29, 1.82) is 0 Å². The van der Waals surface area contributed by atoms with Crippen LogP contribution in [0, 0.1) is 0 Å². The van der Waals surface area contributed by atoms with Crippen molar-refractivity contribution in [3.8, 4) is 0 Å². The van der Waals surface area contributed by atoms with Crippen molar-refractivity contribution in [3.05, 3.63) is 65.2 Å². The summed E-state index contributed by atoms with van der Waals surface area (Å²) in [5.41, 5.74) is 4.37. The SMILES string of the molecule is CCCN1C(=O)c2ccccc2C1c1c(N(C)C)n(C)c2ccccc12. The Morgan fingerprint density at radius 3 is 2.46 bits per heavy atom. The first kappa shape index (κ1) is 16.7. The van der Waals surface area contributed by atoms with Crippen LogP contribution in [0.2, 0.25) is 0 Å². The summed E-state index contributed by atoms with van der Waals surface area (Å²) in [6.07, 6.45) is 0.943. The number of hydrogen-bond donors (Lipinski definition) is 0. The van der Waals surface area contributed by atoms with E-state index in [0.717, 1.165) is 29.9 Å². The van der Waals surface area contributed by atoms with Crippen LogP contribution in [-0.4, -0.2) is 36.0 Å². The predicted octanol–water partition coefficient (Wildman–Crippen LogP) is 4.20. The molecule has 0 fully saturated rings. The summed E-state index contributed by atoms with van der Waals surface area (Å²) in [4.78, 5) is 17.3. The number of carbonyl (C=O) groups is 1. The minimum atomic E-state index is -0.0397. The minimum absolute atomic E-state index is 0.0397. The lowest BCUT2D eigenvalue weighted by Gasteiger charge is -2.28. The molecule has 0 saturated heterocycles. The van der Waals surface area contributed by atoms with Crippen LogP contribution in [0.25, 0.3) is 10.9 Å². The summed E-state index contributed by atoms with van der Waals surface area (Å²) in [5.74, 6) is 1.30. The molecule has 4 heteroatoms. The Morgan fingerprint density at radius 1 is 1.04 bits per heavy atom. The normalized spacial score (nSPS) is 16.4. The Kier molecular flexibility index (Phi) is 3.98. The van der Waals surface area contributed by atoms with Crippen molar-refractivity contribution < 1.29 is 4.79 Å². The number of anilines is 1. The Morgan fingerprint density at radius 2 is 1.73 bits per heavy atom. The van der Waals surface area contributed by atoms with Gasteiger partial charge in [0.05, 0.1) is 6.04 Å². The summed E-state index contributed by atoms with van der Waals surface area (Å²) in [5, 5.41) is 1.22. The molecule has 1 atom stereocenters. The van der Waals surface area contributed by atoms with Crippen molar-refractivity contribution in [2.75, 3.05) is 25.5 Å². The molecule has 1 aliphatic rings. The molecule has 1 amide bonds. The van der Waals surface area contributed by atoms with Crippen molar-refractivity contribution >= 4 is 22.6 Å². The third-order valence-electron chi connectivity index (χ3n) is 5.33. The zero-order valence-electron chi connectivity index (χ0n) is 15.9. The van der Waals surface area contributed by atoms with Gasteiger partial charge in [-0.2, -0.15) is 0 Å². The van der Waals surface area contributed by atoms with E-state index < -0.39 is 0 Å². The van der Waals surface area contributed by atoms with Gasteiger partial charge in [-0.15, -0.1) is 0 Å². The minimum Gasteiger partial charge on any atom is -0.364 e. The number of rotatable bonds is 4. The van der Waals surface area contributed by atoms with E-state index in [-0.39, 0.29) is 11.9 Å². The van der Waals surface area contributed by atoms with Gasteiger partial charge in [-0.25, -0.2) is 0 Å². The van der Waals surface area contributed by atoms with E-state index >= 15 is 0 Å². The van der Waals surface area contributed by atoms with E-state index in [9.17, 15) is 4.79 Å². The summed E-state index contributed by atoms with van der Waals surface area (Å²) >= 11 is 0. The first-order valence-electron chi connectivity index (χ1n) is 9.20. The van der Waals surface area contributed by atoms with Gasteiger partial charge >= 0.3 is 0 Å². The summed E-state index contributed by atoms with van der Waals surface area (Å²) in [7, 11) is 6.25. The Balaban J connectivity index is 2.05. The summed E-state index contributed by atoms with van der Waals surface area (Å²) in [6, 6.07) is 16.5. The van der Waals surface area contributed by atoms with E-state index in [1.54, 1.807) is 0 Å². The van der Waals surface area contributed by atoms with Crippen molar-refractivity contribution in [2.45, 2.75) is 19.4 Å². The number of fused-ring (bicyclic) bond motifs is 2. The molecule has 0 N–H and O–H groups in total. The molecule has 0 saturated carbocycles. The second-order valence-electron chi connectivity index (χ2n) is 7.20. The van der Waals surface area contributed by atoms with E-state index in [0.29, 0.717) is 0 Å². The highest BCUT2D eigenvalue weighted by Crippen LogP contribution is 2.45. The number of para-hydroxylation sites is 1. The van der Waals surface area contributed by atoms with E-state index in [2.05, 4.69) is 67.9 Å². The smallest absolute Gasteiger partial charge is 0.255 e. The van der Waals surface area contributed by atoms with E-state index in [1.165, 1.54) is 16.5 Å². The molecule has 0 aliphatic carbocycles. The molecule has 3 aromatic rings. The van der Waals surface area contributed by atoms with Gasteiger partial charge in [0.2, 0.25) is 0 Å². The van der Waals surface area contributed by atoms with E-state index in [4.69, 9.17) is 0 Å². The van der Waals surface area contributed by atoms with Crippen LogP contribution in [0.1, 0.15) is 40.9 Å². The molecular weight excluding hydrogens is 322 g/mol. The van der Waals surface area contributed by atoms with Gasteiger partial charge in [0.15, 0.2) is 0 Å². The molecule has 2 heterocycles. The van der Waals surface area contributed by atoms with Crippen molar-refractivity contribution in [2.24, 2.45) is 7.05 Å². The molecule has 0 bridgehead atoms. The highest BCUT2D eigenvalue weighted by molar-refractivity contribution is 6.02.